The third-order valence-corrected chi connectivity index (χ3v) is 4.72. The van der Waals surface area contributed by atoms with E-state index in [2.05, 4.69) is 18.7 Å². The number of piperidine rings is 1. The molecular weight excluding hydrogens is 251 g/mol. The van der Waals surface area contributed by atoms with Gasteiger partial charge in [-0.2, -0.15) is 0 Å². The molecule has 2 N–H and O–H groups in total. The molecule has 1 aromatic carbocycles. The van der Waals surface area contributed by atoms with E-state index < -0.39 is 5.54 Å². The molecule has 20 heavy (non-hydrogen) atoms. The first-order chi connectivity index (χ1) is 9.59. The largest absolute Gasteiger partial charge is 0.320 e. The van der Waals surface area contributed by atoms with Crippen LogP contribution in [0.3, 0.4) is 0 Å². The van der Waals surface area contributed by atoms with Gasteiger partial charge in [0.15, 0.2) is 0 Å². The van der Waals surface area contributed by atoms with Crippen LogP contribution in [-0.2, 0) is 5.54 Å². The number of hydrogen-bond donors (Lipinski definition) is 1. The molecule has 1 saturated heterocycles. The van der Waals surface area contributed by atoms with Crippen LogP contribution in [0.4, 0.5) is 4.39 Å². The predicted octanol–water partition coefficient (Wildman–Crippen LogP) is 3.65. The topological polar surface area (TPSA) is 29.3 Å². The minimum atomic E-state index is -0.600. The Labute approximate surface area is 122 Å². The summed E-state index contributed by atoms with van der Waals surface area (Å²) >= 11 is 0. The summed E-state index contributed by atoms with van der Waals surface area (Å²) in [5, 5.41) is 0. The van der Waals surface area contributed by atoms with E-state index in [0.29, 0.717) is 5.56 Å². The highest BCUT2D eigenvalue weighted by atomic mass is 19.1. The van der Waals surface area contributed by atoms with Crippen LogP contribution in [0, 0.1) is 5.82 Å². The number of nitrogens with zero attached hydrogens (tertiary/aromatic N) is 1. The average Bonchev–Trinajstić information content (AvgIpc) is 2.48. The molecule has 2 nitrogen and oxygen atoms in total. The fraction of sp³-hybridized carbons (Fsp3) is 0.647. The van der Waals surface area contributed by atoms with Crippen LogP contribution in [0.15, 0.2) is 24.3 Å². The number of likely N-dealkylation sites (tertiary alicyclic amines) is 1. The normalized spacial score (nSPS) is 21.4. The highest BCUT2D eigenvalue weighted by Crippen LogP contribution is 2.33. The van der Waals surface area contributed by atoms with Gasteiger partial charge in [0.05, 0.1) is 5.54 Å². The van der Waals surface area contributed by atoms with Gasteiger partial charge in [0.2, 0.25) is 0 Å². The van der Waals surface area contributed by atoms with Crippen molar-refractivity contribution in [2.45, 2.75) is 57.5 Å². The van der Waals surface area contributed by atoms with E-state index in [1.165, 1.54) is 25.3 Å². The van der Waals surface area contributed by atoms with Crippen molar-refractivity contribution >= 4 is 0 Å². The SMILES string of the molecule is CCCC(N)(c1ccccc1F)C(C)N1CCCCC1. The molecule has 0 radical (unpaired) electrons. The monoisotopic (exact) mass is 278 g/mol. The van der Waals surface area contributed by atoms with E-state index in [9.17, 15) is 4.39 Å². The zero-order valence-corrected chi connectivity index (χ0v) is 12.7. The maximum absolute atomic E-state index is 14.2. The van der Waals surface area contributed by atoms with Gasteiger partial charge in [0.25, 0.3) is 0 Å². The van der Waals surface area contributed by atoms with Crippen LogP contribution < -0.4 is 5.73 Å². The van der Waals surface area contributed by atoms with Gasteiger partial charge in [-0.15, -0.1) is 0 Å². The van der Waals surface area contributed by atoms with Crippen molar-refractivity contribution in [3.8, 4) is 0 Å². The third kappa shape index (κ3) is 3.04. The lowest BCUT2D eigenvalue weighted by molar-refractivity contribution is 0.101. The van der Waals surface area contributed by atoms with Crippen molar-refractivity contribution in [2.24, 2.45) is 5.73 Å². The molecule has 0 bridgehead atoms. The van der Waals surface area contributed by atoms with E-state index >= 15 is 0 Å². The predicted molar refractivity (Wildman–Crippen MR) is 82.1 cm³/mol. The molecule has 0 aromatic heterocycles. The summed E-state index contributed by atoms with van der Waals surface area (Å²) in [6, 6.07) is 7.16. The lowest BCUT2D eigenvalue weighted by atomic mass is 9.79. The van der Waals surface area contributed by atoms with E-state index in [0.717, 1.165) is 25.9 Å². The molecule has 112 valence electrons. The summed E-state index contributed by atoms with van der Waals surface area (Å²) in [6.45, 7) is 6.44. The number of hydrogen-bond acceptors (Lipinski definition) is 2. The Morgan fingerprint density at radius 2 is 1.90 bits per heavy atom. The number of rotatable bonds is 5. The molecule has 1 aromatic rings. The second-order valence-electron chi connectivity index (χ2n) is 6.04. The van der Waals surface area contributed by atoms with E-state index in [1.54, 1.807) is 6.07 Å². The average molecular weight is 278 g/mol. The molecule has 0 aliphatic carbocycles. The van der Waals surface area contributed by atoms with Gasteiger partial charge in [0, 0.05) is 11.6 Å². The molecular formula is C17H27FN2. The Kier molecular flexibility index (Phi) is 5.17. The van der Waals surface area contributed by atoms with Crippen LogP contribution in [0.2, 0.25) is 0 Å². The molecule has 0 spiro atoms. The molecule has 2 atom stereocenters. The Balaban J connectivity index is 2.30. The molecule has 1 aliphatic heterocycles. The van der Waals surface area contributed by atoms with Crippen LogP contribution in [0.1, 0.15) is 51.5 Å². The summed E-state index contributed by atoms with van der Waals surface area (Å²) in [4.78, 5) is 2.44. The maximum atomic E-state index is 14.2. The van der Waals surface area contributed by atoms with Crippen molar-refractivity contribution < 1.29 is 4.39 Å². The second-order valence-corrected chi connectivity index (χ2v) is 6.04. The van der Waals surface area contributed by atoms with E-state index in [-0.39, 0.29) is 11.9 Å². The standard InChI is InChI=1S/C17H27FN2/c1-3-11-17(19,15-9-5-6-10-16(15)18)14(2)20-12-7-4-8-13-20/h5-6,9-10,14H,3-4,7-8,11-13,19H2,1-2H3. The highest BCUT2D eigenvalue weighted by molar-refractivity contribution is 5.28. The zero-order chi connectivity index (χ0) is 14.6. The fourth-order valence-electron chi connectivity index (χ4n) is 3.45. The summed E-state index contributed by atoms with van der Waals surface area (Å²) in [5.41, 5.74) is 6.79. The van der Waals surface area contributed by atoms with Crippen LogP contribution in [0.25, 0.3) is 0 Å². The quantitative estimate of drug-likeness (QED) is 0.890. The van der Waals surface area contributed by atoms with Gasteiger partial charge in [-0.05, 0) is 45.3 Å². The minimum Gasteiger partial charge on any atom is -0.320 e. The first-order valence-electron chi connectivity index (χ1n) is 7.87. The van der Waals surface area contributed by atoms with E-state index in [1.807, 2.05) is 12.1 Å². The molecule has 3 heteroatoms. The molecule has 0 amide bonds. The Bertz CT molecular complexity index is 429. The summed E-state index contributed by atoms with van der Waals surface area (Å²) in [7, 11) is 0. The smallest absolute Gasteiger partial charge is 0.128 e. The van der Waals surface area contributed by atoms with Crippen LogP contribution >= 0.6 is 0 Å². The summed E-state index contributed by atoms with van der Waals surface area (Å²) in [6.07, 6.45) is 5.52. The van der Waals surface area contributed by atoms with Gasteiger partial charge < -0.3 is 5.73 Å². The summed E-state index contributed by atoms with van der Waals surface area (Å²) < 4.78 is 14.2. The van der Waals surface area contributed by atoms with Crippen LogP contribution in [0.5, 0.6) is 0 Å². The van der Waals surface area contributed by atoms with Gasteiger partial charge in [-0.1, -0.05) is 38.0 Å². The number of benzene rings is 1. The minimum absolute atomic E-state index is 0.166. The molecule has 1 heterocycles. The molecule has 2 rings (SSSR count). The lowest BCUT2D eigenvalue weighted by Crippen LogP contribution is -2.56. The Morgan fingerprint density at radius 3 is 2.50 bits per heavy atom. The van der Waals surface area contributed by atoms with Crippen molar-refractivity contribution in [3.63, 3.8) is 0 Å². The maximum Gasteiger partial charge on any atom is 0.128 e. The van der Waals surface area contributed by atoms with Crippen molar-refractivity contribution in [2.75, 3.05) is 13.1 Å². The van der Waals surface area contributed by atoms with Crippen molar-refractivity contribution in [3.05, 3.63) is 35.6 Å². The lowest BCUT2D eigenvalue weighted by Gasteiger charge is -2.44. The fourth-order valence-corrected chi connectivity index (χ4v) is 3.45. The molecule has 0 saturated carbocycles. The molecule has 2 unspecified atom stereocenters. The van der Waals surface area contributed by atoms with Crippen LogP contribution in [-0.4, -0.2) is 24.0 Å². The second kappa shape index (κ2) is 6.68. The van der Waals surface area contributed by atoms with Gasteiger partial charge in [-0.25, -0.2) is 4.39 Å². The first kappa shape index (κ1) is 15.5. The van der Waals surface area contributed by atoms with Gasteiger partial charge >= 0.3 is 0 Å². The van der Waals surface area contributed by atoms with E-state index in [4.69, 9.17) is 5.73 Å². The van der Waals surface area contributed by atoms with Gasteiger partial charge in [-0.3, -0.25) is 4.90 Å². The van der Waals surface area contributed by atoms with Crippen molar-refractivity contribution in [1.82, 2.24) is 4.90 Å². The number of halogens is 1. The highest BCUT2D eigenvalue weighted by Gasteiger charge is 2.38. The molecule has 1 aliphatic rings. The zero-order valence-electron chi connectivity index (χ0n) is 12.7. The number of nitrogens with two attached hydrogens (primary N) is 1. The third-order valence-electron chi connectivity index (χ3n) is 4.72. The first-order valence-corrected chi connectivity index (χ1v) is 7.87. The Hall–Kier alpha value is -0.930. The Morgan fingerprint density at radius 1 is 1.25 bits per heavy atom. The summed E-state index contributed by atoms with van der Waals surface area (Å²) in [5.74, 6) is -0.174. The van der Waals surface area contributed by atoms with Gasteiger partial charge in [0.1, 0.15) is 5.82 Å². The molecule has 1 fully saturated rings. The van der Waals surface area contributed by atoms with Crippen molar-refractivity contribution in [1.29, 1.82) is 0 Å².